The van der Waals surface area contributed by atoms with E-state index in [1.807, 2.05) is 25.3 Å². The highest BCUT2D eigenvalue weighted by Crippen LogP contribution is 2.24. The predicted molar refractivity (Wildman–Crippen MR) is 131 cm³/mol. The molecule has 0 aliphatic carbocycles. The maximum Gasteiger partial charge on any atom is 0.303 e. The highest BCUT2D eigenvalue weighted by atomic mass is 35.5. The van der Waals surface area contributed by atoms with Crippen molar-refractivity contribution < 1.29 is 9.90 Å². The van der Waals surface area contributed by atoms with Gasteiger partial charge in [-0.05, 0) is 60.6 Å². The number of nitrogens with zero attached hydrogens (tertiary/aromatic N) is 3. The number of hydrogen-bond acceptors (Lipinski definition) is 4. The Balaban J connectivity index is 1.41. The molecule has 0 saturated heterocycles. The van der Waals surface area contributed by atoms with E-state index >= 15 is 0 Å². The molecule has 5 nitrogen and oxygen atoms in total. The number of halogens is 1. The summed E-state index contributed by atoms with van der Waals surface area (Å²) >= 11 is 5.98. The van der Waals surface area contributed by atoms with Gasteiger partial charge in [0.05, 0.1) is 5.69 Å². The number of carboxylic acid groups (broad SMARTS) is 1. The molecule has 1 atom stereocenters. The smallest absolute Gasteiger partial charge is 0.303 e. The third-order valence-electron chi connectivity index (χ3n) is 6.30. The molecule has 33 heavy (non-hydrogen) atoms. The van der Waals surface area contributed by atoms with Crippen molar-refractivity contribution in [1.82, 2.24) is 14.9 Å². The van der Waals surface area contributed by atoms with Crippen molar-refractivity contribution in [2.45, 2.75) is 46.1 Å². The minimum atomic E-state index is -0.737. The summed E-state index contributed by atoms with van der Waals surface area (Å²) in [5.74, 6) is 0.165. The lowest BCUT2D eigenvalue weighted by atomic mass is 9.98. The number of aryl methyl sites for hydroxylation is 3. The molecule has 2 heterocycles. The largest absolute Gasteiger partial charge is 0.481 e. The van der Waals surface area contributed by atoms with Gasteiger partial charge >= 0.3 is 5.97 Å². The third kappa shape index (κ3) is 6.18. The van der Waals surface area contributed by atoms with Gasteiger partial charge in [-0.15, -0.1) is 0 Å². The van der Waals surface area contributed by atoms with Crippen LogP contribution in [-0.2, 0) is 30.6 Å². The minimum Gasteiger partial charge on any atom is -0.481 e. The van der Waals surface area contributed by atoms with Gasteiger partial charge in [-0.25, -0.2) is 9.97 Å². The minimum absolute atomic E-state index is 0.130. The first-order chi connectivity index (χ1) is 15.9. The van der Waals surface area contributed by atoms with Crippen LogP contribution in [0.2, 0.25) is 5.02 Å². The number of fused-ring (bicyclic) bond motifs is 1. The molecule has 1 aliphatic rings. The Bertz CT molecular complexity index is 1130. The van der Waals surface area contributed by atoms with Gasteiger partial charge in [-0.2, -0.15) is 0 Å². The van der Waals surface area contributed by atoms with Crippen molar-refractivity contribution in [1.29, 1.82) is 0 Å². The number of carboxylic acids is 1. The van der Waals surface area contributed by atoms with Gasteiger partial charge in [0.15, 0.2) is 5.82 Å². The molecule has 0 fully saturated rings. The Kier molecular flexibility index (Phi) is 7.41. The molecule has 1 aromatic heterocycles. The molecular weight excluding hydrogens is 434 g/mol. The molecule has 0 saturated carbocycles. The molecule has 6 heteroatoms. The summed E-state index contributed by atoms with van der Waals surface area (Å²) in [5.41, 5.74) is 7.16. The second-order valence-electron chi connectivity index (χ2n) is 9.12. The quantitative estimate of drug-likeness (QED) is 0.487. The molecule has 0 spiro atoms. The number of carbonyl (C=O) groups is 1. The molecular formula is C27H30ClN3O2. The monoisotopic (exact) mass is 463 g/mol. The normalized spacial score (nSPS) is 14.6. The van der Waals surface area contributed by atoms with E-state index in [9.17, 15) is 4.79 Å². The lowest BCUT2D eigenvalue weighted by Crippen LogP contribution is -2.35. The zero-order chi connectivity index (χ0) is 23.4. The van der Waals surface area contributed by atoms with Crippen LogP contribution >= 0.6 is 11.6 Å². The first kappa shape index (κ1) is 23.4. The van der Waals surface area contributed by atoms with Crippen molar-refractivity contribution in [2.24, 2.45) is 5.92 Å². The SMILES string of the molecule is Cc1cc(-c2ncc3c(n2)CCN(CC(C)CC(=O)O)C3)ccc1CCc1ccc(Cl)cc1. The van der Waals surface area contributed by atoms with E-state index in [0.29, 0.717) is 0 Å². The summed E-state index contributed by atoms with van der Waals surface area (Å²) in [6.45, 7) is 6.60. The Morgan fingerprint density at radius 2 is 1.97 bits per heavy atom. The fourth-order valence-electron chi connectivity index (χ4n) is 4.52. The number of benzene rings is 2. The first-order valence-corrected chi connectivity index (χ1v) is 11.9. The van der Waals surface area contributed by atoms with Crippen LogP contribution in [0.15, 0.2) is 48.7 Å². The van der Waals surface area contributed by atoms with Crippen LogP contribution in [0.1, 0.15) is 41.3 Å². The van der Waals surface area contributed by atoms with Crippen LogP contribution < -0.4 is 0 Å². The van der Waals surface area contributed by atoms with Gasteiger partial charge in [0.25, 0.3) is 0 Å². The number of aliphatic carboxylic acids is 1. The summed E-state index contributed by atoms with van der Waals surface area (Å²) in [7, 11) is 0. The summed E-state index contributed by atoms with van der Waals surface area (Å²) in [5, 5.41) is 9.76. The first-order valence-electron chi connectivity index (χ1n) is 11.5. The molecule has 1 aliphatic heterocycles. The van der Waals surface area contributed by atoms with E-state index < -0.39 is 5.97 Å². The van der Waals surface area contributed by atoms with Crippen LogP contribution in [0.25, 0.3) is 11.4 Å². The van der Waals surface area contributed by atoms with E-state index in [2.05, 4.69) is 47.1 Å². The molecule has 1 N–H and O–H groups in total. The number of rotatable bonds is 8. The zero-order valence-electron chi connectivity index (χ0n) is 19.2. The van der Waals surface area contributed by atoms with Crippen LogP contribution in [-0.4, -0.2) is 39.0 Å². The van der Waals surface area contributed by atoms with Gasteiger partial charge in [-0.1, -0.05) is 42.8 Å². The van der Waals surface area contributed by atoms with Crippen molar-refractivity contribution in [3.8, 4) is 11.4 Å². The van der Waals surface area contributed by atoms with Gasteiger partial charge in [0.1, 0.15) is 0 Å². The molecule has 1 unspecified atom stereocenters. The predicted octanol–water partition coefficient (Wildman–Crippen LogP) is 5.36. The Morgan fingerprint density at radius 3 is 2.70 bits per heavy atom. The molecule has 3 aromatic rings. The second kappa shape index (κ2) is 10.4. The van der Waals surface area contributed by atoms with Crippen molar-refractivity contribution in [3.63, 3.8) is 0 Å². The third-order valence-corrected chi connectivity index (χ3v) is 6.55. The maximum absolute atomic E-state index is 10.9. The van der Waals surface area contributed by atoms with Crippen molar-refractivity contribution >= 4 is 17.6 Å². The fraction of sp³-hybridized carbons (Fsp3) is 0.370. The van der Waals surface area contributed by atoms with E-state index in [1.54, 1.807) is 0 Å². The topological polar surface area (TPSA) is 66.3 Å². The van der Waals surface area contributed by atoms with E-state index in [-0.39, 0.29) is 12.3 Å². The summed E-state index contributed by atoms with van der Waals surface area (Å²) in [4.78, 5) is 22.8. The highest BCUT2D eigenvalue weighted by molar-refractivity contribution is 6.30. The van der Waals surface area contributed by atoms with Crippen molar-refractivity contribution in [3.05, 3.63) is 81.6 Å². The van der Waals surface area contributed by atoms with Gasteiger partial charge < -0.3 is 5.11 Å². The fourth-order valence-corrected chi connectivity index (χ4v) is 4.64. The van der Waals surface area contributed by atoms with Gasteiger partial charge in [-0.3, -0.25) is 9.69 Å². The lowest BCUT2D eigenvalue weighted by Gasteiger charge is -2.29. The number of hydrogen-bond donors (Lipinski definition) is 1. The summed E-state index contributed by atoms with van der Waals surface area (Å²) in [6.07, 6.45) is 4.97. The molecule has 0 bridgehead atoms. The summed E-state index contributed by atoms with van der Waals surface area (Å²) in [6, 6.07) is 14.5. The van der Waals surface area contributed by atoms with Gasteiger partial charge in [0, 0.05) is 54.8 Å². The molecule has 4 rings (SSSR count). The van der Waals surface area contributed by atoms with E-state index in [4.69, 9.17) is 21.7 Å². The molecule has 0 amide bonds. The average molecular weight is 464 g/mol. The molecule has 2 aromatic carbocycles. The standard InChI is InChI=1S/C27H30ClN3O2/c1-18(13-26(32)33)16-31-12-11-25-23(17-31)15-29-27(30-25)22-8-7-21(19(2)14-22)6-3-20-4-9-24(28)10-5-20/h4-5,7-10,14-15,18H,3,6,11-13,16-17H2,1-2H3,(H,32,33). The Hall–Kier alpha value is -2.76. The van der Waals surface area contributed by atoms with Crippen molar-refractivity contribution in [2.75, 3.05) is 13.1 Å². The molecule has 172 valence electrons. The van der Waals surface area contributed by atoms with Crippen LogP contribution in [0.3, 0.4) is 0 Å². The Labute approximate surface area is 200 Å². The summed E-state index contributed by atoms with van der Waals surface area (Å²) < 4.78 is 0. The van der Waals surface area contributed by atoms with Crippen LogP contribution in [0.4, 0.5) is 0 Å². The van der Waals surface area contributed by atoms with Crippen LogP contribution in [0, 0.1) is 12.8 Å². The molecule has 0 radical (unpaired) electrons. The van der Waals surface area contributed by atoms with Crippen LogP contribution in [0.5, 0.6) is 0 Å². The lowest BCUT2D eigenvalue weighted by molar-refractivity contribution is -0.138. The second-order valence-corrected chi connectivity index (χ2v) is 9.56. The highest BCUT2D eigenvalue weighted by Gasteiger charge is 2.21. The van der Waals surface area contributed by atoms with E-state index in [0.717, 1.165) is 66.6 Å². The maximum atomic E-state index is 10.9. The van der Waals surface area contributed by atoms with Gasteiger partial charge in [0.2, 0.25) is 0 Å². The zero-order valence-corrected chi connectivity index (χ0v) is 20.0. The Morgan fingerprint density at radius 1 is 1.18 bits per heavy atom. The average Bonchev–Trinajstić information content (AvgIpc) is 2.78. The number of aromatic nitrogens is 2. The van der Waals surface area contributed by atoms with E-state index in [1.165, 1.54) is 16.7 Å².